The Kier molecular flexibility index (Phi) is 4.22. The largest absolute Gasteiger partial charge is 0.451 e. The number of para-hydroxylation sites is 1. The van der Waals surface area contributed by atoms with Crippen molar-refractivity contribution >= 4 is 50.6 Å². The summed E-state index contributed by atoms with van der Waals surface area (Å²) in [5.74, 6) is 0.0658. The number of furan rings is 1. The van der Waals surface area contributed by atoms with Crippen LogP contribution in [0.2, 0.25) is 0 Å². The van der Waals surface area contributed by atoms with Crippen LogP contribution in [-0.4, -0.2) is 28.2 Å². The van der Waals surface area contributed by atoms with Gasteiger partial charge in [-0.3, -0.25) is 14.9 Å². The lowest BCUT2D eigenvalue weighted by Crippen LogP contribution is -2.35. The second-order valence-electron chi connectivity index (χ2n) is 6.45. The number of nitrogens with one attached hydrogen (secondary N) is 1. The number of hydrogen-bond acceptors (Lipinski definition) is 6. The van der Waals surface area contributed by atoms with Crippen LogP contribution in [-0.2, 0) is 13.0 Å². The van der Waals surface area contributed by atoms with Gasteiger partial charge in [0.15, 0.2) is 10.9 Å². The van der Waals surface area contributed by atoms with E-state index in [4.69, 9.17) is 4.42 Å². The van der Waals surface area contributed by atoms with Crippen LogP contribution in [0.5, 0.6) is 0 Å². The monoisotopic (exact) mass is 409 g/mol. The van der Waals surface area contributed by atoms with Crippen molar-refractivity contribution in [3.05, 3.63) is 69.1 Å². The molecule has 5 rings (SSSR count). The standard InChI is InChI=1S/C20H15N3O3S2/c24-18(16-6-3-9-27-16)22-20-21-13-7-8-23(11-17(13)28-20)19(25)15-10-12-4-1-2-5-14(12)26-15/h1-6,9-10H,7-8,11H2,(H,21,22,24). The summed E-state index contributed by atoms with van der Waals surface area (Å²) in [6.45, 7) is 1.04. The van der Waals surface area contributed by atoms with Crippen LogP contribution in [0.1, 0.15) is 30.8 Å². The molecule has 1 N–H and O–H groups in total. The van der Waals surface area contributed by atoms with E-state index in [9.17, 15) is 9.59 Å². The summed E-state index contributed by atoms with van der Waals surface area (Å²) in [7, 11) is 0. The minimum atomic E-state index is -0.156. The Morgan fingerprint density at radius 1 is 1.18 bits per heavy atom. The Hall–Kier alpha value is -2.97. The molecule has 0 spiro atoms. The van der Waals surface area contributed by atoms with Crippen LogP contribution in [0.3, 0.4) is 0 Å². The molecule has 1 aromatic carbocycles. The number of benzene rings is 1. The maximum absolute atomic E-state index is 12.9. The van der Waals surface area contributed by atoms with Gasteiger partial charge in [0.1, 0.15) is 5.58 Å². The summed E-state index contributed by atoms with van der Waals surface area (Å²) >= 11 is 2.81. The molecule has 0 atom stereocenters. The third-order valence-corrected chi connectivity index (χ3v) is 6.49. The summed E-state index contributed by atoms with van der Waals surface area (Å²) < 4.78 is 5.71. The molecule has 4 aromatic rings. The first kappa shape index (κ1) is 17.2. The molecule has 4 heterocycles. The van der Waals surface area contributed by atoms with Crippen LogP contribution in [0.4, 0.5) is 5.13 Å². The lowest BCUT2D eigenvalue weighted by atomic mass is 10.1. The third-order valence-electron chi connectivity index (χ3n) is 4.62. The smallest absolute Gasteiger partial charge is 0.289 e. The van der Waals surface area contributed by atoms with Crippen molar-refractivity contribution in [1.82, 2.24) is 9.88 Å². The Balaban J connectivity index is 1.33. The molecule has 0 saturated carbocycles. The van der Waals surface area contributed by atoms with E-state index in [1.807, 2.05) is 35.7 Å². The maximum Gasteiger partial charge on any atom is 0.289 e. The van der Waals surface area contributed by atoms with Gasteiger partial charge in [-0.15, -0.1) is 11.3 Å². The molecule has 0 bridgehead atoms. The Bertz CT molecular complexity index is 1140. The van der Waals surface area contributed by atoms with Crippen molar-refractivity contribution in [2.24, 2.45) is 0 Å². The quantitative estimate of drug-likeness (QED) is 0.544. The van der Waals surface area contributed by atoms with Crippen LogP contribution in [0.25, 0.3) is 11.0 Å². The zero-order chi connectivity index (χ0) is 19.1. The molecule has 1 aliphatic heterocycles. The Labute approximate surface area is 168 Å². The zero-order valence-corrected chi connectivity index (χ0v) is 16.3. The molecule has 0 fully saturated rings. The van der Waals surface area contributed by atoms with Crippen LogP contribution in [0, 0.1) is 0 Å². The van der Waals surface area contributed by atoms with E-state index in [0.717, 1.165) is 16.0 Å². The molecular formula is C20H15N3O3S2. The molecule has 140 valence electrons. The predicted molar refractivity (Wildman–Crippen MR) is 109 cm³/mol. The SMILES string of the molecule is O=C(Nc1nc2c(s1)CN(C(=O)c1cc3ccccc3o1)CC2)c1cccs1. The molecule has 2 amide bonds. The van der Waals surface area contributed by atoms with Crippen LogP contribution >= 0.6 is 22.7 Å². The summed E-state index contributed by atoms with van der Waals surface area (Å²) in [6, 6.07) is 13.0. The van der Waals surface area contributed by atoms with Crippen LogP contribution in [0.15, 0.2) is 52.3 Å². The van der Waals surface area contributed by atoms with Crippen LogP contribution < -0.4 is 5.32 Å². The Morgan fingerprint density at radius 3 is 2.89 bits per heavy atom. The van der Waals surface area contributed by atoms with Gasteiger partial charge in [-0.05, 0) is 23.6 Å². The fourth-order valence-electron chi connectivity index (χ4n) is 3.23. The van der Waals surface area contributed by atoms with Gasteiger partial charge in [0, 0.05) is 23.2 Å². The van der Waals surface area contributed by atoms with Gasteiger partial charge >= 0.3 is 0 Å². The van der Waals surface area contributed by atoms with Crippen molar-refractivity contribution in [2.45, 2.75) is 13.0 Å². The molecule has 28 heavy (non-hydrogen) atoms. The normalized spacial score (nSPS) is 13.5. The first-order chi connectivity index (χ1) is 13.7. The summed E-state index contributed by atoms with van der Waals surface area (Å²) in [5, 5.41) is 6.20. The fraction of sp³-hybridized carbons (Fsp3) is 0.150. The van der Waals surface area contributed by atoms with Gasteiger partial charge in [-0.25, -0.2) is 4.98 Å². The first-order valence-corrected chi connectivity index (χ1v) is 10.5. The minimum Gasteiger partial charge on any atom is -0.451 e. The van der Waals surface area contributed by atoms with Gasteiger partial charge in [-0.2, -0.15) is 0 Å². The van der Waals surface area contributed by atoms with Crippen molar-refractivity contribution in [1.29, 1.82) is 0 Å². The highest BCUT2D eigenvalue weighted by Crippen LogP contribution is 2.30. The van der Waals surface area contributed by atoms with E-state index in [2.05, 4.69) is 10.3 Å². The molecule has 1 aliphatic rings. The number of anilines is 1. The van der Waals surface area contributed by atoms with Gasteiger partial charge < -0.3 is 9.32 Å². The predicted octanol–water partition coefficient (Wildman–Crippen LogP) is 4.40. The second-order valence-corrected chi connectivity index (χ2v) is 8.48. The molecule has 0 radical (unpaired) electrons. The zero-order valence-electron chi connectivity index (χ0n) is 14.7. The molecule has 3 aromatic heterocycles. The number of thiazole rings is 1. The summed E-state index contributed by atoms with van der Waals surface area (Å²) in [5.41, 5.74) is 1.65. The number of aromatic nitrogens is 1. The van der Waals surface area contributed by atoms with E-state index < -0.39 is 0 Å². The molecule has 0 aliphatic carbocycles. The minimum absolute atomic E-state index is 0.126. The Morgan fingerprint density at radius 2 is 2.07 bits per heavy atom. The molecule has 6 nitrogen and oxygen atoms in total. The number of amides is 2. The fourth-order valence-corrected chi connectivity index (χ4v) is 4.87. The van der Waals surface area contributed by atoms with E-state index in [0.29, 0.717) is 40.9 Å². The number of carbonyl (C=O) groups excluding carboxylic acids is 2. The van der Waals surface area contributed by atoms with Crippen molar-refractivity contribution in [2.75, 3.05) is 11.9 Å². The van der Waals surface area contributed by atoms with Crippen molar-refractivity contribution in [3.63, 3.8) is 0 Å². The van der Waals surface area contributed by atoms with Gasteiger partial charge in [0.25, 0.3) is 11.8 Å². The highest BCUT2D eigenvalue weighted by molar-refractivity contribution is 7.16. The van der Waals surface area contributed by atoms with Crippen molar-refractivity contribution in [3.8, 4) is 0 Å². The van der Waals surface area contributed by atoms with E-state index >= 15 is 0 Å². The number of carbonyl (C=O) groups is 2. The second kappa shape index (κ2) is 6.88. The molecule has 0 unspecified atom stereocenters. The molecule has 8 heteroatoms. The number of fused-ring (bicyclic) bond motifs is 2. The highest BCUT2D eigenvalue weighted by Gasteiger charge is 2.27. The lowest BCUT2D eigenvalue weighted by Gasteiger charge is -2.25. The third kappa shape index (κ3) is 3.10. The number of hydrogen-bond donors (Lipinski definition) is 1. The molecule has 0 saturated heterocycles. The average Bonchev–Trinajstić information content (AvgIpc) is 3.44. The topological polar surface area (TPSA) is 75.4 Å². The van der Waals surface area contributed by atoms with E-state index in [1.54, 1.807) is 17.0 Å². The number of rotatable bonds is 3. The summed E-state index contributed by atoms with van der Waals surface area (Å²) in [4.78, 5) is 33.0. The summed E-state index contributed by atoms with van der Waals surface area (Å²) in [6.07, 6.45) is 0.659. The average molecular weight is 409 g/mol. The maximum atomic E-state index is 12.9. The lowest BCUT2D eigenvalue weighted by molar-refractivity contribution is 0.0706. The number of thiophene rings is 1. The van der Waals surface area contributed by atoms with E-state index in [1.165, 1.54) is 22.7 Å². The van der Waals surface area contributed by atoms with Gasteiger partial charge in [0.05, 0.1) is 17.1 Å². The number of nitrogens with zero attached hydrogens (tertiary/aromatic N) is 2. The van der Waals surface area contributed by atoms with E-state index in [-0.39, 0.29) is 11.8 Å². The van der Waals surface area contributed by atoms with Gasteiger partial charge in [0.2, 0.25) is 0 Å². The van der Waals surface area contributed by atoms with Gasteiger partial charge in [-0.1, -0.05) is 35.6 Å². The highest BCUT2D eigenvalue weighted by atomic mass is 32.1. The first-order valence-electron chi connectivity index (χ1n) is 8.78. The molecular weight excluding hydrogens is 394 g/mol. The van der Waals surface area contributed by atoms with Crippen molar-refractivity contribution < 1.29 is 14.0 Å².